The summed E-state index contributed by atoms with van der Waals surface area (Å²) in [5.41, 5.74) is -0.349. The molecule has 0 saturated carbocycles. The fourth-order valence-corrected chi connectivity index (χ4v) is 0.969. The van der Waals surface area contributed by atoms with Crippen LogP contribution in [0.1, 0.15) is 20.8 Å². The van der Waals surface area contributed by atoms with Crippen LogP contribution in [0.2, 0.25) is 0 Å². The summed E-state index contributed by atoms with van der Waals surface area (Å²) < 4.78 is 10.0. The van der Waals surface area contributed by atoms with Gasteiger partial charge in [0.1, 0.15) is 0 Å². The molecule has 0 aromatic carbocycles. The third-order valence-electron chi connectivity index (χ3n) is 1.81. The molecule has 0 atom stereocenters. The molecule has 0 spiro atoms. The summed E-state index contributed by atoms with van der Waals surface area (Å²) >= 11 is 0. The summed E-state index contributed by atoms with van der Waals surface area (Å²) in [6.45, 7) is 5.65. The van der Waals surface area contributed by atoms with E-state index in [1.807, 2.05) is 20.8 Å². The van der Waals surface area contributed by atoms with E-state index < -0.39 is 5.79 Å². The van der Waals surface area contributed by atoms with Crippen molar-refractivity contribution in [2.24, 2.45) is 5.41 Å². The number of methoxy groups -OCH3 is 2. The van der Waals surface area contributed by atoms with Crippen LogP contribution in [0.25, 0.3) is 0 Å². The summed E-state index contributed by atoms with van der Waals surface area (Å²) in [5.74, 6) is -1.12. The van der Waals surface area contributed by atoms with E-state index in [0.29, 0.717) is 6.29 Å². The molecule has 66 valence electrons. The van der Waals surface area contributed by atoms with Gasteiger partial charge >= 0.3 is 0 Å². The summed E-state index contributed by atoms with van der Waals surface area (Å²) in [6.07, 6.45) is 0.687. The van der Waals surface area contributed by atoms with Crippen molar-refractivity contribution in [2.45, 2.75) is 26.6 Å². The highest BCUT2D eigenvalue weighted by Gasteiger charge is 2.42. The molecule has 0 radical (unpaired) electrons. The van der Waals surface area contributed by atoms with Gasteiger partial charge in [0.2, 0.25) is 5.79 Å². The Bertz CT molecular complexity index is 131. The molecule has 0 unspecified atom stereocenters. The van der Waals surface area contributed by atoms with Crippen molar-refractivity contribution in [3.05, 3.63) is 0 Å². The molecule has 0 aliphatic heterocycles. The van der Waals surface area contributed by atoms with Crippen molar-refractivity contribution in [2.75, 3.05) is 14.2 Å². The Hall–Kier alpha value is -0.410. The van der Waals surface area contributed by atoms with Gasteiger partial charge in [-0.2, -0.15) is 0 Å². The van der Waals surface area contributed by atoms with Crippen molar-refractivity contribution in [1.82, 2.24) is 0 Å². The number of carbonyl (C=O) groups is 1. The van der Waals surface area contributed by atoms with E-state index in [-0.39, 0.29) is 5.41 Å². The summed E-state index contributed by atoms with van der Waals surface area (Å²) in [5, 5.41) is 0. The van der Waals surface area contributed by atoms with E-state index in [9.17, 15) is 4.79 Å². The third kappa shape index (κ3) is 1.79. The lowest BCUT2D eigenvalue weighted by Gasteiger charge is -2.37. The molecule has 0 aliphatic rings. The van der Waals surface area contributed by atoms with Crippen LogP contribution >= 0.6 is 0 Å². The smallest absolute Gasteiger partial charge is 0.230 e. The number of hydrogen-bond acceptors (Lipinski definition) is 3. The Balaban J connectivity index is 4.68. The van der Waals surface area contributed by atoms with E-state index in [4.69, 9.17) is 9.47 Å². The second-order valence-corrected chi connectivity index (χ2v) is 3.44. The molecule has 0 aromatic rings. The molecule has 3 nitrogen and oxygen atoms in total. The Kier molecular flexibility index (Phi) is 3.20. The lowest BCUT2D eigenvalue weighted by atomic mass is 9.86. The first-order valence-electron chi connectivity index (χ1n) is 3.50. The van der Waals surface area contributed by atoms with Gasteiger partial charge in [0.15, 0.2) is 6.29 Å². The van der Waals surface area contributed by atoms with Gasteiger partial charge in [-0.1, -0.05) is 20.8 Å². The van der Waals surface area contributed by atoms with Gasteiger partial charge in [-0.3, -0.25) is 4.79 Å². The Morgan fingerprint density at radius 2 is 1.45 bits per heavy atom. The average molecular weight is 160 g/mol. The van der Waals surface area contributed by atoms with Gasteiger partial charge in [0.05, 0.1) is 0 Å². The molecular weight excluding hydrogens is 144 g/mol. The molecule has 0 N–H and O–H groups in total. The van der Waals surface area contributed by atoms with Crippen LogP contribution in [-0.4, -0.2) is 26.3 Å². The van der Waals surface area contributed by atoms with Crippen LogP contribution in [0.3, 0.4) is 0 Å². The molecule has 11 heavy (non-hydrogen) atoms. The highest BCUT2D eigenvalue weighted by molar-refractivity contribution is 5.61. The Labute approximate surface area is 67.7 Å². The zero-order chi connectivity index (χ0) is 9.12. The van der Waals surface area contributed by atoms with Gasteiger partial charge in [0, 0.05) is 19.6 Å². The van der Waals surface area contributed by atoms with Gasteiger partial charge in [0.25, 0.3) is 0 Å². The number of rotatable bonds is 3. The van der Waals surface area contributed by atoms with E-state index in [1.165, 1.54) is 14.2 Å². The minimum Gasteiger partial charge on any atom is -0.347 e. The van der Waals surface area contributed by atoms with Crippen molar-refractivity contribution < 1.29 is 14.3 Å². The van der Waals surface area contributed by atoms with Crippen LogP contribution in [0, 0.1) is 5.41 Å². The van der Waals surface area contributed by atoms with Crippen LogP contribution in [0.5, 0.6) is 0 Å². The maximum Gasteiger partial charge on any atom is 0.230 e. The molecule has 0 bridgehead atoms. The standard InChI is InChI=1S/C8H16O3/c1-7(2,3)8(6-9,10-4)11-5/h6H,1-5H3. The van der Waals surface area contributed by atoms with Crippen molar-refractivity contribution in [1.29, 1.82) is 0 Å². The van der Waals surface area contributed by atoms with Gasteiger partial charge in [-0.25, -0.2) is 0 Å². The number of ether oxygens (including phenoxy) is 2. The lowest BCUT2D eigenvalue weighted by molar-refractivity contribution is -0.238. The predicted octanol–water partition coefficient (Wildman–Crippen LogP) is 1.22. The molecule has 0 fully saturated rings. The maximum atomic E-state index is 10.7. The first kappa shape index (κ1) is 10.6. The minimum atomic E-state index is -1.12. The van der Waals surface area contributed by atoms with Crippen molar-refractivity contribution in [3.63, 3.8) is 0 Å². The molecule has 0 saturated heterocycles. The molecule has 0 heterocycles. The quantitative estimate of drug-likeness (QED) is 0.460. The molecule has 0 rings (SSSR count). The van der Waals surface area contributed by atoms with E-state index in [0.717, 1.165) is 0 Å². The van der Waals surface area contributed by atoms with Crippen molar-refractivity contribution >= 4 is 6.29 Å². The molecule has 3 heteroatoms. The number of aldehydes is 1. The molecule has 0 aliphatic carbocycles. The van der Waals surface area contributed by atoms with E-state index in [1.54, 1.807) is 0 Å². The molecular formula is C8H16O3. The van der Waals surface area contributed by atoms with Crippen LogP contribution in [0.15, 0.2) is 0 Å². The van der Waals surface area contributed by atoms with E-state index >= 15 is 0 Å². The Morgan fingerprint density at radius 1 is 1.09 bits per heavy atom. The van der Waals surface area contributed by atoms with E-state index in [2.05, 4.69) is 0 Å². The monoisotopic (exact) mass is 160 g/mol. The van der Waals surface area contributed by atoms with Gasteiger partial charge in [-0.15, -0.1) is 0 Å². The zero-order valence-corrected chi connectivity index (χ0v) is 7.80. The predicted molar refractivity (Wildman–Crippen MR) is 42.3 cm³/mol. The average Bonchev–Trinajstić information content (AvgIpc) is 1.90. The van der Waals surface area contributed by atoms with Crippen LogP contribution in [0.4, 0.5) is 0 Å². The highest BCUT2D eigenvalue weighted by Crippen LogP contribution is 2.31. The lowest BCUT2D eigenvalue weighted by Crippen LogP contribution is -2.48. The number of hydrogen-bond donors (Lipinski definition) is 0. The maximum absolute atomic E-state index is 10.7. The summed E-state index contributed by atoms with van der Waals surface area (Å²) in [6, 6.07) is 0. The fourth-order valence-electron chi connectivity index (χ4n) is 0.969. The number of carbonyl (C=O) groups excluding carboxylic acids is 1. The first-order chi connectivity index (χ1) is 4.93. The van der Waals surface area contributed by atoms with Crippen LogP contribution < -0.4 is 0 Å². The van der Waals surface area contributed by atoms with Gasteiger partial charge in [-0.05, 0) is 0 Å². The third-order valence-corrected chi connectivity index (χ3v) is 1.81. The largest absolute Gasteiger partial charge is 0.347 e. The normalized spacial score (nSPS) is 13.2. The topological polar surface area (TPSA) is 35.5 Å². The molecule has 0 aromatic heterocycles. The summed E-state index contributed by atoms with van der Waals surface area (Å²) in [4.78, 5) is 10.7. The zero-order valence-electron chi connectivity index (χ0n) is 7.80. The first-order valence-corrected chi connectivity index (χ1v) is 3.50. The second-order valence-electron chi connectivity index (χ2n) is 3.44. The van der Waals surface area contributed by atoms with Gasteiger partial charge < -0.3 is 9.47 Å². The van der Waals surface area contributed by atoms with Crippen LogP contribution in [-0.2, 0) is 14.3 Å². The molecule has 0 amide bonds. The Morgan fingerprint density at radius 3 is 1.45 bits per heavy atom. The second kappa shape index (κ2) is 3.32. The fraction of sp³-hybridized carbons (Fsp3) is 0.875. The minimum absolute atomic E-state index is 0.349. The SMILES string of the molecule is COC(C=O)(OC)C(C)(C)C. The highest BCUT2D eigenvalue weighted by atomic mass is 16.7. The summed E-state index contributed by atoms with van der Waals surface area (Å²) in [7, 11) is 2.92. The van der Waals surface area contributed by atoms with Crippen molar-refractivity contribution in [3.8, 4) is 0 Å².